The smallest absolute Gasteiger partial charge is 0.417 e. The number of carbonyl (C=O) groups excluding carboxylic acids is 1. The molecule has 0 bridgehead atoms. The first-order valence-corrected chi connectivity index (χ1v) is 9.73. The third-order valence-corrected chi connectivity index (χ3v) is 5.11. The lowest BCUT2D eigenvalue weighted by Gasteiger charge is -2.42. The van der Waals surface area contributed by atoms with E-state index in [-0.39, 0.29) is 18.1 Å². The zero-order valence-electron chi connectivity index (χ0n) is 16.5. The van der Waals surface area contributed by atoms with Gasteiger partial charge < -0.3 is 15.3 Å². The summed E-state index contributed by atoms with van der Waals surface area (Å²) in [5, 5.41) is 12.1. The zero-order valence-corrected chi connectivity index (χ0v) is 17.2. The SMILES string of the molecule is CC(=O)Nc1cc(C(F)(F)F)cnc1N1CCN(CC(=O)O)C[C@@H]1c1ccc(Cl)cc1. The van der Waals surface area contributed by atoms with Crippen LogP contribution in [0.4, 0.5) is 24.7 Å². The first-order valence-electron chi connectivity index (χ1n) is 9.35. The third kappa shape index (κ3) is 5.65. The van der Waals surface area contributed by atoms with Crippen molar-refractivity contribution in [3.63, 3.8) is 0 Å². The molecule has 0 saturated carbocycles. The molecule has 0 aliphatic carbocycles. The molecule has 11 heteroatoms. The molecule has 2 aromatic rings. The number of carboxylic acids is 1. The number of aromatic nitrogens is 1. The molecule has 0 unspecified atom stereocenters. The first-order chi connectivity index (χ1) is 14.5. The number of carboxylic acid groups (broad SMARTS) is 1. The number of nitrogens with one attached hydrogen (secondary N) is 1. The van der Waals surface area contributed by atoms with Crippen LogP contribution in [0.1, 0.15) is 24.1 Å². The predicted molar refractivity (Wildman–Crippen MR) is 109 cm³/mol. The van der Waals surface area contributed by atoms with Crippen molar-refractivity contribution in [2.75, 3.05) is 36.4 Å². The van der Waals surface area contributed by atoms with E-state index in [1.165, 1.54) is 6.92 Å². The Kier molecular flexibility index (Phi) is 6.71. The molecular formula is C20H20ClF3N4O3. The molecule has 1 atom stereocenters. The molecule has 0 radical (unpaired) electrons. The van der Waals surface area contributed by atoms with Crippen molar-refractivity contribution in [3.05, 3.63) is 52.7 Å². The van der Waals surface area contributed by atoms with E-state index in [1.807, 2.05) is 0 Å². The molecule has 0 spiro atoms. The van der Waals surface area contributed by atoms with E-state index in [2.05, 4.69) is 10.3 Å². The molecule has 7 nitrogen and oxygen atoms in total. The standard InChI is InChI=1S/C20H20ClF3N4O3/c1-12(29)26-16-8-14(20(22,23)24)9-25-19(16)28-7-6-27(11-18(30)31)10-17(28)13-2-4-15(21)5-3-13/h2-5,8-9,17H,6-7,10-11H2,1H3,(H,26,29)(H,30,31)/t17-/m1/s1. The summed E-state index contributed by atoms with van der Waals surface area (Å²) >= 11 is 5.98. The van der Waals surface area contributed by atoms with Gasteiger partial charge in [-0.3, -0.25) is 14.5 Å². The van der Waals surface area contributed by atoms with Gasteiger partial charge in [-0.05, 0) is 23.8 Å². The van der Waals surface area contributed by atoms with Gasteiger partial charge in [-0.25, -0.2) is 4.98 Å². The van der Waals surface area contributed by atoms with E-state index in [9.17, 15) is 22.8 Å². The van der Waals surface area contributed by atoms with Crippen LogP contribution in [0.25, 0.3) is 0 Å². The molecule has 1 aliphatic rings. The van der Waals surface area contributed by atoms with E-state index in [1.54, 1.807) is 34.1 Å². The third-order valence-electron chi connectivity index (χ3n) is 4.85. The highest BCUT2D eigenvalue weighted by atomic mass is 35.5. The maximum absolute atomic E-state index is 13.2. The summed E-state index contributed by atoms with van der Waals surface area (Å²) < 4.78 is 39.6. The number of aliphatic carboxylic acids is 1. The summed E-state index contributed by atoms with van der Waals surface area (Å²) in [6.45, 7) is 1.99. The van der Waals surface area contributed by atoms with Crippen molar-refractivity contribution in [2.24, 2.45) is 0 Å². The summed E-state index contributed by atoms with van der Waals surface area (Å²) in [5.74, 6) is -1.33. The average molecular weight is 457 g/mol. The van der Waals surface area contributed by atoms with Gasteiger partial charge >= 0.3 is 12.1 Å². The van der Waals surface area contributed by atoms with Gasteiger partial charge in [0.1, 0.15) is 0 Å². The number of alkyl halides is 3. The van der Waals surface area contributed by atoms with Crippen LogP contribution in [0.15, 0.2) is 36.5 Å². The van der Waals surface area contributed by atoms with Gasteiger partial charge in [0.15, 0.2) is 5.82 Å². The van der Waals surface area contributed by atoms with Crippen molar-refractivity contribution < 1.29 is 27.9 Å². The molecule has 1 amide bonds. The fourth-order valence-electron chi connectivity index (χ4n) is 3.52. The molecule has 31 heavy (non-hydrogen) atoms. The van der Waals surface area contributed by atoms with Gasteiger partial charge in [0.25, 0.3) is 0 Å². The molecule has 1 aromatic heterocycles. The molecule has 1 fully saturated rings. The highest BCUT2D eigenvalue weighted by Crippen LogP contribution is 2.38. The normalized spacial score (nSPS) is 17.5. The van der Waals surface area contributed by atoms with Crippen molar-refractivity contribution in [3.8, 4) is 0 Å². The Bertz CT molecular complexity index is 969. The number of carbonyl (C=O) groups is 2. The largest absolute Gasteiger partial charge is 0.480 e. The number of benzene rings is 1. The molecular weight excluding hydrogens is 437 g/mol. The Morgan fingerprint density at radius 1 is 1.26 bits per heavy atom. The maximum Gasteiger partial charge on any atom is 0.417 e. The Morgan fingerprint density at radius 3 is 2.52 bits per heavy atom. The molecule has 2 heterocycles. The van der Waals surface area contributed by atoms with Gasteiger partial charge in [0, 0.05) is 37.8 Å². The van der Waals surface area contributed by atoms with Gasteiger partial charge in [0.2, 0.25) is 5.91 Å². The van der Waals surface area contributed by atoms with Crippen molar-refractivity contribution in [1.82, 2.24) is 9.88 Å². The van der Waals surface area contributed by atoms with Crippen LogP contribution in [0, 0.1) is 0 Å². The van der Waals surface area contributed by atoms with Crippen LogP contribution in [0.5, 0.6) is 0 Å². The number of anilines is 2. The lowest BCUT2D eigenvalue weighted by atomic mass is 10.0. The number of amides is 1. The number of rotatable bonds is 5. The van der Waals surface area contributed by atoms with Gasteiger partial charge in [-0.1, -0.05) is 23.7 Å². The lowest BCUT2D eigenvalue weighted by molar-refractivity contribution is -0.139. The van der Waals surface area contributed by atoms with Crippen LogP contribution in [0.3, 0.4) is 0 Å². The van der Waals surface area contributed by atoms with Gasteiger partial charge in [-0.15, -0.1) is 0 Å². The maximum atomic E-state index is 13.2. The quantitative estimate of drug-likeness (QED) is 0.714. The van der Waals surface area contributed by atoms with E-state index in [4.69, 9.17) is 16.7 Å². The Labute approximate surface area is 181 Å². The lowest BCUT2D eigenvalue weighted by Crippen LogP contribution is -2.50. The van der Waals surface area contributed by atoms with Crippen molar-refractivity contribution in [1.29, 1.82) is 0 Å². The highest BCUT2D eigenvalue weighted by Gasteiger charge is 2.35. The number of halogens is 4. The second kappa shape index (κ2) is 9.11. The monoisotopic (exact) mass is 456 g/mol. The summed E-state index contributed by atoms with van der Waals surface area (Å²) in [4.78, 5) is 30.4. The minimum atomic E-state index is -4.62. The number of pyridine rings is 1. The van der Waals surface area contributed by atoms with Crippen LogP contribution in [-0.4, -0.2) is 53.0 Å². The second-order valence-corrected chi connectivity index (χ2v) is 7.60. The van der Waals surface area contributed by atoms with E-state index in [0.29, 0.717) is 24.7 Å². The second-order valence-electron chi connectivity index (χ2n) is 7.16. The van der Waals surface area contributed by atoms with Crippen molar-refractivity contribution in [2.45, 2.75) is 19.1 Å². The van der Waals surface area contributed by atoms with Crippen LogP contribution in [0.2, 0.25) is 5.02 Å². The Morgan fingerprint density at radius 2 is 1.94 bits per heavy atom. The molecule has 2 N–H and O–H groups in total. The fraction of sp³-hybridized carbons (Fsp3) is 0.350. The minimum Gasteiger partial charge on any atom is -0.480 e. The number of piperazine rings is 1. The van der Waals surface area contributed by atoms with E-state index in [0.717, 1.165) is 17.8 Å². The summed E-state index contributed by atoms with van der Waals surface area (Å²) in [7, 11) is 0. The molecule has 1 saturated heterocycles. The summed E-state index contributed by atoms with van der Waals surface area (Å²) in [6.07, 6.45) is -3.89. The first kappa shape index (κ1) is 22.8. The predicted octanol–water partition coefficient (Wildman–Crippen LogP) is 3.66. The number of hydrogen-bond acceptors (Lipinski definition) is 5. The Balaban J connectivity index is 2.04. The topological polar surface area (TPSA) is 85.8 Å². The minimum absolute atomic E-state index is 0.0621. The number of nitrogens with zero attached hydrogens (tertiary/aromatic N) is 3. The molecule has 166 valence electrons. The van der Waals surface area contributed by atoms with Crippen molar-refractivity contribution >= 4 is 35.0 Å². The van der Waals surface area contributed by atoms with Crippen LogP contribution >= 0.6 is 11.6 Å². The average Bonchev–Trinajstić information content (AvgIpc) is 2.67. The Hall–Kier alpha value is -2.85. The van der Waals surface area contributed by atoms with Gasteiger partial charge in [0.05, 0.1) is 23.8 Å². The summed E-state index contributed by atoms with van der Waals surface area (Å²) in [6, 6.07) is 7.34. The summed E-state index contributed by atoms with van der Waals surface area (Å²) in [5.41, 5.74) is -0.254. The molecule has 1 aliphatic heterocycles. The van der Waals surface area contributed by atoms with E-state index >= 15 is 0 Å². The van der Waals surface area contributed by atoms with E-state index < -0.39 is 29.7 Å². The molecule has 3 rings (SSSR count). The van der Waals surface area contributed by atoms with Crippen LogP contribution in [-0.2, 0) is 15.8 Å². The number of hydrogen-bond donors (Lipinski definition) is 2. The van der Waals surface area contributed by atoms with Crippen LogP contribution < -0.4 is 10.2 Å². The fourth-order valence-corrected chi connectivity index (χ4v) is 3.65. The highest BCUT2D eigenvalue weighted by molar-refractivity contribution is 6.30. The molecule has 1 aromatic carbocycles. The van der Waals surface area contributed by atoms with Gasteiger partial charge in [-0.2, -0.15) is 13.2 Å². The zero-order chi connectivity index (χ0) is 22.8.